The van der Waals surface area contributed by atoms with Gasteiger partial charge in [-0.05, 0) is 31.0 Å². The average Bonchev–Trinajstić information content (AvgIpc) is 2.67. The molecule has 2 atom stereocenters. The molecule has 134 valence electrons. The second-order valence-electron chi connectivity index (χ2n) is 6.39. The van der Waals surface area contributed by atoms with Crippen molar-refractivity contribution in [2.24, 2.45) is 5.92 Å². The molecule has 0 aliphatic heterocycles. The number of carbonyl (C=O) groups is 1. The molecule has 1 fully saturated rings. The summed E-state index contributed by atoms with van der Waals surface area (Å²) in [6, 6.07) is 8.71. The van der Waals surface area contributed by atoms with Crippen LogP contribution in [0, 0.1) is 17.2 Å². The molecule has 1 aliphatic rings. The van der Waals surface area contributed by atoms with Crippen LogP contribution in [0.25, 0.3) is 0 Å². The number of carbonyl (C=O) groups excluding carboxylic acids is 1. The summed E-state index contributed by atoms with van der Waals surface area (Å²) < 4.78 is 0. The third-order valence-corrected chi connectivity index (χ3v) is 4.56. The Morgan fingerprint density at radius 3 is 2.88 bits per heavy atom. The van der Waals surface area contributed by atoms with E-state index in [1.165, 1.54) is 12.4 Å². The minimum Gasteiger partial charge on any atom is -0.393 e. The molecule has 0 radical (unpaired) electrons. The van der Waals surface area contributed by atoms with Crippen LogP contribution in [0.1, 0.15) is 41.7 Å². The van der Waals surface area contributed by atoms with Gasteiger partial charge in [0, 0.05) is 30.5 Å². The lowest BCUT2D eigenvalue weighted by atomic mass is 9.86. The predicted octanol–water partition coefficient (Wildman–Crippen LogP) is 2.56. The molecule has 2 aromatic rings. The first-order chi connectivity index (χ1) is 12.7. The van der Waals surface area contributed by atoms with Crippen LogP contribution >= 0.6 is 0 Å². The van der Waals surface area contributed by atoms with Crippen LogP contribution in [0.4, 0.5) is 11.5 Å². The third-order valence-electron chi connectivity index (χ3n) is 4.56. The standard InChI is InChI=1S/C19H21N5O2/c20-11-13-4-3-6-15(10-13)24-19(26)17-18(22-9-8-21-17)23-12-14-5-1-2-7-16(14)25/h3-4,6,8-10,14,16,25H,1-2,5,7,12H2,(H,22,23)(H,24,26)/t14-,16+/m0/s1. The molecule has 3 N–H and O–H groups in total. The summed E-state index contributed by atoms with van der Waals surface area (Å²) in [7, 11) is 0. The van der Waals surface area contributed by atoms with E-state index in [1.807, 2.05) is 6.07 Å². The highest BCUT2D eigenvalue weighted by Gasteiger charge is 2.23. The minimum atomic E-state index is -0.403. The summed E-state index contributed by atoms with van der Waals surface area (Å²) in [5.41, 5.74) is 1.17. The van der Waals surface area contributed by atoms with Crippen molar-refractivity contribution in [1.29, 1.82) is 5.26 Å². The first kappa shape index (κ1) is 17.8. The minimum absolute atomic E-state index is 0.147. The number of benzene rings is 1. The van der Waals surface area contributed by atoms with E-state index in [9.17, 15) is 9.90 Å². The van der Waals surface area contributed by atoms with Gasteiger partial charge in [0.25, 0.3) is 5.91 Å². The Morgan fingerprint density at radius 2 is 2.08 bits per heavy atom. The fourth-order valence-electron chi connectivity index (χ4n) is 3.14. The Kier molecular flexibility index (Phi) is 5.77. The molecule has 1 aromatic heterocycles. The van der Waals surface area contributed by atoms with Crippen molar-refractivity contribution in [3.8, 4) is 6.07 Å². The van der Waals surface area contributed by atoms with Gasteiger partial charge >= 0.3 is 0 Å². The van der Waals surface area contributed by atoms with Gasteiger partial charge in [0.05, 0.1) is 17.7 Å². The van der Waals surface area contributed by atoms with Crippen molar-refractivity contribution in [2.45, 2.75) is 31.8 Å². The maximum absolute atomic E-state index is 12.6. The van der Waals surface area contributed by atoms with Gasteiger partial charge in [-0.3, -0.25) is 4.79 Å². The number of nitrogens with one attached hydrogen (secondary N) is 2. The van der Waals surface area contributed by atoms with Crippen molar-refractivity contribution in [3.63, 3.8) is 0 Å². The molecular formula is C19H21N5O2. The van der Waals surface area contributed by atoms with Gasteiger partial charge in [0.1, 0.15) is 0 Å². The van der Waals surface area contributed by atoms with Crippen LogP contribution in [-0.2, 0) is 0 Å². The zero-order valence-electron chi connectivity index (χ0n) is 14.4. The van der Waals surface area contributed by atoms with E-state index < -0.39 is 5.91 Å². The topological polar surface area (TPSA) is 111 Å². The van der Waals surface area contributed by atoms with Crippen LogP contribution in [0.3, 0.4) is 0 Å². The summed E-state index contributed by atoms with van der Waals surface area (Å²) in [6.45, 7) is 0.546. The summed E-state index contributed by atoms with van der Waals surface area (Å²) in [5.74, 6) is 0.132. The average molecular weight is 351 g/mol. The maximum atomic E-state index is 12.6. The molecule has 1 amide bonds. The number of hydrogen-bond donors (Lipinski definition) is 3. The van der Waals surface area contributed by atoms with Gasteiger partial charge < -0.3 is 15.7 Å². The van der Waals surface area contributed by atoms with Crippen LogP contribution in [0.5, 0.6) is 0 Å². The Bertz CT molecular complexity index is 818. The molecule has 26 heavy (non-hydrogen) atoms. The summed E-state index contributed by atoms with van der Waals surface area (Å²) in [4.78, 5) is 20.9. The van der Waals surface area contributed by atoms with Crippen LogP contribution < -0.4 is 10.6 Å². The highest BCUT2D eigenvalue weighted by molar-refractivity contribution is 6.05. The fourth-order valence-corrected chi connectivity index (χ4v) is 3.14. The normalized spacial score (nSPS) is 19.4. The van der Waals surface area contributed by atoms with Crippen molar-refractivity contribution in [1.82, 2.24) is 9.97 Å². The summed E-state index contributed by atoms with van der Waals surface area (Å²) in [6.07, 6.45) is 6.59. The molecule has 0 unspecified atom stereocenters. The zero-order valence-corrected chi connectivity index (χ0v) is 14.4. The summed E-state index contributed by atoms with van der Waals surface area (Å²) >= 11 is 0. The second-order valence-corrected chi connectivity index (χ2v) is 6.39. The quantitative estimate of drug-likeness (QED) is 0.763. The molecule has 7 heteroatoms. The third kappa shape index (κ3) is 4.35. The second kappa shape index (κ2) is 8.41. The van der Waals surface area contributed by atoms with Gasteiger partial charge in [-0.2, -0.15) is 5.26 Å². The molecule has 3 rings (SSSR count). The van der Waals surface area contributed by atoms with Crippen LogP contribution in [-0.4, -0.2) is 33.6 Å². The molecule has 1 aliphatic carbocycles. The lowest BCUT2D eigenvalue weighted by molar-refractivity contribution is 0.0763. The highest BCUT2D eigenvalue weighted by Crippen LogP contribution is 2.25. The van der Waals surface area contributed by atoms with Gasteiger partial charge in [-0.15, -0.1) is 0 Å². The number of rotatable bonds is 5. The van der Waals surface area contributed by atoms with Crippen molar-refractivity contribution < 1.29 is 9.90 Å². The molecule has 0 bridgehead atoms. The number of aliphatic hydroxyl groups is 1. The number of aliphatic hydroxyl groups excluding tert-OH is 1. The van der Waals surface area contributed by atoms with Gasteiger partial charge in [-0.25, -0.2) is 9.97 Å². The van der Waals surface area contributed by atoms with Crippen molar-refractivity contribution in [2.75, 3.05) is 17.2 Å². The smallest absolute Gasteiger partial charge is 0.278 e. The van der Waals surface area contributed by atoms with Crippen molar-refractivity contribution >= 4 is 17.4 Å². The van der Waals surface area contributed by atoms with E-state index in [-0.39, 0.29) is 17.7 Å². The highest BCUT2D eigenvalue weighted by atomic mass is 16.3. The lowest BCUT2D eigenvalue weighted by Gasteiger charge is -2.27. The molecule has 1 heterocycles. The van der Waals surface area contributed by atoms with Gasteiger partial charge in [0.15, 0.2) is 11.5 Å². The monoisotopic (exact) mass is 351 g/mol. The number of nitrogens with zero attached hydrogens (tertiary/aromatic N) is 3. The van der Waals surface area contributed by atoms with Gasteiger partial charge in [-0.1, -0.05) is 18.9 Å². The number of anilines is 2. The largest absolute Gasteiger partial charge is 0.393 e. The number of amides is 1. The number of hydrogen-bond acceptors (Lipinski definition) is 6. The fraction of sp³-hybridized carbons (Fsp3) is 0.368. The van der Waals surface area contributed by atoms with E-state index in [0.717, 1.165) is 25.7 Å². The zero-order chi connectivity index (χ0) is 18.4. The number of aromatic nitrogens is 2. The first-order valence-electron chi connectivity index (χ1n) is 8.72. The lowest BCUT2D eigenvalue weighted by Crippen LogP contribution is -2.31. The first-order valence-corrected chi connectivity index (χ1v) is 8.72. The van der Waals surface area contributed by atoms with Gasteiger partial charge in [0.2, 0.25) is 0 Å². The SMILES string of the molecule is N#Cc1cccc(NC(=O)c2nccnc2NC[C@@H]2CCCC[C@H]2O)c1. The Hall–Kier alpha value is -2.98. The van der Waals surface area contributed by atoms with E-state index in [4.69, 9.17) is 5.26 Å². The van der Waals surface area contributed by atoms with E-state index in [1.54, 1.807) is 24.3 Å². The van der Waals surface area contributed by atoms with Crippen LogP contribution in [0.2, 0.25) is 0 Å². The number of nitriles is 1. The Morgan fingerprint density at radius 1 is 1.27 bits per heavy atom. The van der Waals surface area contributed by atoms with E-state index in [2.05, 4.69) is 20.6 Å². The van der Waals surface area contributed by atoms with E-state index >= 15 is 0 Å². The predicted molar refractivity (Wildman–Crippen MR) is 97.6 cm³/mol. The molecule has 0 saturated heterocycles. The molecule has 1 saturated carbocycles. The molecule has 0 spiro atoms. The molecular weight excluding hydrogens is 330 g/mol. The molecule has 7 nitrogen and oxygen atoms in total. The molecule has 1 aromatic carbocycles. The van der Waals surface area contributed by atoms with Crippen LogP contribution in [0.15, 0.2) is 36.7 Å². The van der Waals surface area contributed by atoms with E-state index in [0.29, 0.717) is 23.6 Å². The maximum Gasteiger partial charge on any atom is 0.278 e. The Labute approximate surface area is 152 Å². The summed E-state index contributed by atoms with van der Waals surface area (Å²) in [5, 5.41) is 24.9. The van der Waals surface area contributed by atoms with Crippen molar-refractivity contribution in [3.05, 3.63) is 47.9 Å². The Balaban J connectivity index is 1.69.